The first-order valence-electron chi connectivity index (χ1n) is 7.70. The van der Waals surface area contributed by atoms with Crippen molar-refractivity contribution >= 4 is 45.3 Å². The number of carbonyl (C=O) groups is 2. The summed E-state index contributed by atoms with van der Waals surface area (Å²) in [4.78, 5) is 39.1. The fraction of sp³-hybridized carbons (Fsp3) is 0.176. The predicted molar refractivity (Wildman–Crippen MR) is 104 cm³/mol. The molecule has 134 valence electrons. The molecule has 0 saturated carbocycles. The van der Waals surface area contributed by atoms with Crippen molar-refractivity contribution in [1.29, 1.82) is 0 Å². The minimum Gasteiger partial charge on any atom is -0.326 e. The third-order valence-electron chi connectivity index (χ3n) is 3.53. The maximum Gasteiger partial charge on any atom is 0.307 e. The molecule has 3 rings (SSSR count). The molecule has 9 heteroatoms. The normalized spacial score (nSPS) is 10.5. The van der Waals surface area contributed by atoms with Crippen LogP contribution in [-0.2, 0) is 16.1 Å². The molecule has 2 heterocycles. The summed E-state index contributed by atoms with van der Waals surface area (Å²) in [7, 11) is 0. The van der Waals surface area contributed by atoms with Gasteiger partial charge in [-0.2, -0.15) is 0 Å². The van der Waals surface area contributed by atoms with Crippen LogP contribution in [0.1, 0.15) is 12.6 Å². The number of hydrogen-bond acceptors (Lipinski definition) is 6. The van der Waals surface area contributed by atoms with Crippen molar-refractivity contribution in [2.45, 2.75) is 20.4 Å². The summed E-state index contributed by atoms with van der Waals surface area (Å²) < 4.78 is 1.43. The number of aryl methyl sites for hydroxylation is 1. The number of amides is 2. The molecule has 2 N–H and O–H groups in total. The quantitative estimate of drug-likeness (QED) is 0.703. The van der Waals surface area contributed by atoms with Crippen LogP contribution in [0.25, 0.3) is 11.3 Å². The van der Waals surface area contributed by atoms with Crippen molar-refractivity contribution < 1.29 is 9.59 Å². The lowest BCUT2D eigenvalue weighted by atomic mass is 10.1. The van der Waals surface area contributed by atoms with E-state index in [1.165, 1.54) is 22.8 Å². The minimum atomic E-state index is -0.296. The van der Waals surface area contributed by atoms with Crippen LogP contribution < -0.4 is 15.5 Å². The Labute approximate surface area is 157 Å². The van der Waals surface area contributed by atoms with Gasteiger partial charge >= 0.3 is 4.87 Å². The van der Waals surface area contributed by atoms with Crippen LogP contribution in [-0.4, -0.2) is 21.4 Å². The van der Waals surface area contributed by atoms with Gasteiger partial charge < -0.3 is 10.6 Å². The van der Waals surface area contributed by atoms with E-state index in [1.807, 2.05) is 17.5 Å². The number of aromatic nitrogens is 2. The van der Waals surface area contributed by atoms with Gasteiger partial charge in [-0.3, -0.25) is 19.0 Å². The number of anilines is 2. The van der Waals surface area contributed by atoms with Gasteiger partial charge in [0.05, 0.1) is 5.69 Å². The van der Waals surface area contributed by atoms with Crippen molar-refractivity contribution in [2.75, 3.05) is 10.6 Å². The van der Waals surface area contributed by atoms with E-state index >= 15 is 0 Å². The van der Waals surface area contributed by atoms with Crippen LogP contribution in [0, 0.1) is 6.92 Å². The molecule has 0 aliphatic heterocycles. The van der Waals surface area contributed by atoms with E-state index < -0.39 is 0 Å². The monoisotopic (exact) mass is 388 g/mol. The fourth-order valence-electron chi connectivity index (χ4n) is 2.29. The Bertz CT molecular complexity index is 1000. The van der Waals surface area contributed by atoms with Crippen molar-refractivity contribution in [3.63, 3.8) is 0 Å². The van der Waals surface area contributed by atoms with E-state index in [0.717, 1.165) is 28.3 Å². The third kappa shape index (κ3) is 4.24. The lowest BCUT2D eigenvalue weighted by molar-refractivity contribution is -0.117. The molecule has 2 amide bonds. The number of rotatable bonds is 5. The van der Waals surface area contributed by atoms with E-state index in [-0.39, 0.29) is 23.2 Å². The highest BCUT2D eigenvalue weighted by atomic mass is 32.1. The molecular weight excluding hydrogens is 372 g/mol. The van der Waals surface area contributed by atoms with Crippen LogP contribution in [0.3, 0.4) is 0 Å². The molecular formula is C17H16N4O3S2. The zero-order valence-corrected chi connectivity index (χ0v) is 15.7. The Morgan fingerprint density at radius 3 is 2.46 bits per heavy atom. The largest absolute Gasteiger partial charge is 0.326 e. The first kappa shape index (κ1) is 18.0. The van der Waals surface area contributed by atoms with Gasteiger partial charge in [-0.25, -0.2) is 4.98 Å². The summed E-state index contributed by atoms with van der Waals surface area (Å²) in [5.74, 6) is -0.424. The van der Waals surface area contributed by atoms with Crippen LogP contribution in [0.4, 0.5) is 10.8 Å². The fourth-order valence-corrected chi connectivity index (χ4v) is 3.76. The molecule has 0 saturated heterocycles. The van der Waals surface area contributed by atoms with Crippen LogP contribution in [0.15, 0.2) is 39.8 Å². The summed E-state index contributed by atoms with van der Waals surface area (Å²) >= 11 is 2.38. The molecule has 0 atom stereocenters. The van der Waals surface area contributed by atoms with Crippen molar-refractivity contribution in [3.8, 4) is 11.3 Å². The molecule has 1 aromatic carbocycles. The summed E-state index contributed by atoms with van der Waals surface area (Å²) in [6, 6.07) is 7.28. The van der Waals surface area contributed by atoms with Gasteiger partial charge in [0, 0.05) is 34.6 Å². The Hall–Kier alpha value is -2.78. The first-order chi connectivity index (χ1) is 12.4. The maximum atomic E-state index is 12.1. The Morgan fingerprint density at radius 2 is 1.85 bits per heavy atom. The lowest BCUT2D eigenvalue weighted by Gasteiger charge is -2.04. The second-order valence-electron chi connectivity index (χ2n) is 5.57. The van der Waals surface area contributed by atoms with Gasteiger partial charge in [0.25, 0.3) is 0 Å². The van der Waals surface area contributed by atoms with Gasteiger partial charge in [-0.15, -0.1) is 11.3 Å². The van der Waals surface area contributed by atoms with Crippen molar-refractivity contribution in [3.05, 3.63) is 50.4 Å². The van der Waals surface area contributed by atoms with Gasteiger partial charge in [-0.05, 0) is 19.1 Å². The zero-order valence-electron chi connectivity index (χ0n) is 14.1. The number of nitrogens with zero attached hydrogens (tertiary/aromatic N) is 2. The number of nitrogens with one attached hydrogen (secondary N) is 2. The van der Waals surface area contributed by atoms with Crippen molar-refractivity contribution in [1.82, 2.24) is 9.55 Å². The number of hydrogen-bond donors (Lipinski definition) is 2. The van der Waals surface area contributed by atoms with E-state index in [4.69, 9.17) is 0 Å². The zero-order chi connectivity index (χ0) is 18.7. The topological polar surface area (TPSA) is 93.1 Å². The summed E-state index contributed by atoms with van der Waals surface area (Å²) in [5, 5.41) is 9.45. The highest BCUT2D eigenvalue weighted by Crippen LogP contribution is 2.26. The molecule has 0 radical (unpaired) electrons. The first-order valence-corrected chi connectivity index (χ1v) is 9.46. The number of benzene rings is 1. The lowest BCUT2D eigenvalue weighted by Crippen LogP contribution is -2.25. The average Bonchev–Trinajstić information content (AvgIpc) is 3.17. The highest BCUT2D eigenvalue weighted by molar-refractivity contribution is 7.14. The van der Waals surface area contributed by atoms with Gasteiger partial charge in [0.2, 0.25) is 11.8 Å². The molecule has 0 aliphatic carbocycles. The Kier molecular flexibility index (Phi) is 5.29. The molecule has 0 spiro atoms. The van der Waals surface area contributed by atoms with E-state index in [0.29, 0.717) is 10.8 Å². The second kappa shape index (κ2) is 7.63. The van der Waals surface area contributed by atoms with Crippen LogP contribution in [0.5, 0.6) is 0 Å². The Morgan fingerprint density at radius 1 is 1.12 bits per heavy atom. The molecule has 0 bridgehead atoms. The molecule has 26 heavy (non-hydrogen) atoms. The van der Waals surface area contributed by atoms with Gasteiger partial charge in [0.15, 0.2) is 5.13 Å². The van der Waals surface area contributed by atoms with Crippen LogP contribution >= 0.6 is 22.7 Å². The average molecular weight is 388 g/mol. The van der Waals surface area contributed by atoms with E-state index in [1.54, 1.807) is 24.4 Å². The molecule has 0 fully saturated rings. The summed E-state index contributed by atoms with van der Waals surface area (Å²) in [5.41, 5.74) is 3.07. The summed E-state index contributed by atoms with van der Waals surface area (Å²) in [6.07, 6.45) is 0. The van der Waals surface area contributed by atoms with Gasteiger partial charge in [0.1, 0.15) is 6.54 Å². The van der Waals surface area contributed by atoms with Crippen LogP contribution in [0.2, 0.25) is 0 Å². The SMILES string of the molecule is CC(=O)Nc1ccc(-c2csc(NC(=O)Cn3c(C)csc3=O)n2)cc1. The molecule has 0 aliphatic rings. The van der Waals surface area contributed by atoms with E-state index in [2.05, 4.69) is 15.6 Å². The second-order valence-corrected chi connectivity index (χ2v) is 7.25. The molecule has 3 aromatic rings. The predicted octanol–water partition coefficient (Wildman–Crippen LogP) is 2.94. The Balaban J connectivity index is 1.67. The number of thiazole rings is 2. The van der Waals surface area contributed by atoms with Crippen molar-refractivity contribution in [2.24, 2.45) is 0 Å². The third-order valence-corrected chi connectivity index (χ3v) is 5.17. The number of carbonyl (C=O) groups excluding carboxylic acids is 2. The minimum absolute atomic E-state index is 0.0332. The smallest absolute Gasteiger partial charge is 0.307 e. The maximum absolute atomic E-state index is 12.1. The van der Waals surface area contributed by atoms with E-state index in [9.17, 15) is 14.4 Å². The van der Waals surface area contributed by atoms with Gasteiger partial charge in [-0.1, -0.05) is 23.5 Å². The summed E-state index contributed by atoms with van der Waals surface area (Å²) in [6.45, 7) is 3.21. The standard InChI is InChI=1S/C17H16N4O3S2/c1-10-8-26-17(24)21(10)7-15(23)20-16-19-14(9-25-16)12-3-5-13(6-4-12)18-11(2)22/h3-6,8-9H,7H2,1-2H3,(H,18,22)(H,19,20,23). The molecule has 7 nitrogen and oxygen atoms in total. The highest BCUT2D eigenvalue weighted by Gasteiger charge is 2.11. The molecule has 2 aromatic heterocycles. The molecule has 0 unspecified atom stereocenters.